The average molecular weight is 373 g/mol. The molecule has 2 aromatic rings. The maximum Gasteiger partial charge on any atom is 0.254 e. The molecule has 0 spiro atoms. The summed E-state index contributed by atoms with van der Waals surface area (Å²) >= 11 is 0. The fourth-order valence-corrected chi connectivity index (χ4v) is 4.93. The van der Waals surface area contributed by atoms with Crippen molar-refractivity contribution in [2.24, 2.45) is 0 Å². The van der Waals surface area contributed by atoms with Crippen LogP contribution in [-0.4, -0.2) is 43.9 Å². The smallest absolute Gasteiger partial charge is 0.254 e. The summed E-state index contributed by atoms with van der Waals surface area (Å²) in [5.41, 5.74) is 2.62. The van der Waals surface area contributed by atoms with Gasteiger partial charge in [0.15, 0.2) is 9.84 Å². The molecule has 0 N–H and O–H groups in total. The number of carbonyl (C=O) groups is 1. The van der Waals surface area contributed by atoms with Crippen molar-refractivity contribution in [1.82, 2.24) is 4.90 Å². The van der Waals surface area contributed by atoms with Crippen LogP contribution in [0.1, 0.15) is 27.9 Å². The molecule has 1 fully saturated rings. The highest BCUT2D eigenvalue weighted by Crippen LogP contribution is 2.24. The number of carbonyl (C=O) groups excluding carboxylic acids is 1. The lowest BCUT2D eigenvalue weighted by Gasteiger charge is -2.28. The van der Waals surface area contributed by atoms with Crippen molar-refractivity contribution in [2.75, 3.05) is 18.6 Å². The summed E-state index contributed by atoms with van der Waals surface area (Å²) in [7, 11) is -1.53. The van der Waals surface area contributed by atoms with Gasteiger partial charge in [-0.25, -0.2) is 8.42 Å². The Morgan fingerprint density at radius 2 is 1.92 bits per heavy atom. The van der Waals surface area contributed by atoms with Crippen molar-refractivity contribution < 1.29 is 17.9 Å². The topological polar surface area (TPSA) is 63.7 Å². The lowest BCUT2D eigenvalue weighted by Crippen LogP contribution is -2.40. The highest BCUT2D eigenvalue weighted by molar-refractivity contribution is 7.91. The zero-order chi connectivity index (χ0) is 18.7. The van der Waals surface area contributed by atoms with E-state index in [0.717, 1.165) is 11.1 Å². The minimum Gasteiger partial charge on any atom is -0.497 e. The van der Waals surface area contributed by atoms with E-state index in [0.29, 0.717) is 24.3 Å². The van der Waals surface area contributed by atoms with Crippen molar-refractivity contribution in [3.05, 3.63) is 65.2 Å². The lowest BCUT2D eigenvalue weighted by molar-refractivity contribution is 0.0680. The van der Waals surface area contributed by atoms with E-state index >= 15 is 0 Å². The van der Waals surface area contributed by atoms with Crippen molar-refractivity contribution >= 4 is 15.7 Å². The Morgan fingerprint density at radius 1 is 1.19 bits per heavy atom. The Kier molecular flexibility index (Phi) is 5.32. The summed E-state index contributed by atoms with van der Waals surface area (Å²) in [5, 5.41) is 0. The molecule has 0 bridgehead atoms. The third kappa shape index (κ3) is 4.25. The summed E-state index contributed by atoms with van der Waals surface area (Å²) < 4.78 is 29.1. The molecule has 6 heteroatoms. The Hall–Kier alpha value is -2.34. The van der Waals surface area contributed by atoms with E-state index in [2.05, 4.69) is 0 Å². The van der Waals surface area contributed by atoms with Crippen LogP contribution in [0.5, 0.6) is 5.75 Å². The van der Waals surface area contributed by atoms with Gasteiger partial charge in [0.2, 0.25) is 0 Å². The molecule has 0 radical (unpaired) electrons. The standard InChI is InChI=1S/C20H23NO4S/c1-15-6-8-16(9-7-15)13-21(18-10-11-26(23,24)14-18)20(22)17-4-3-5-19(12-17)25-2/h3-9,12,18H,10-11,13-14H2,1-2H3/t18-/m1/s1. The number of rotatable bonds is 5. The molecule has 5 nitrogen and oxygen atoms in total. The number of nitrogens with zero attached hydrogens (tertiary/aromatic N) is 1. The van der Waals surface area contributed by atoms with Gasteiger partial charge in [0.25, 0.3) is 5.91 Å². The summed E-state index contributed by atoms with van der Waals surface area (Å²) in [5.74, 6) is 0.582. The van der Waals surface area contributed by atoms with Crippen molar-refractivity contribution in [2.45, 2.75) is 25.9 Å². The van der Waals surface area contributed by atoms with Crippen LogP contribution in [-0.2, 0) is 16.4 Å². The number of ether oxygens (including phenoxy) is 1. The molecule has 1 saturated heterocycles. The molecule has 3 rings (SSSR count). The molecule has 0 saturated carbocycles. The third-order valence-electron chi connectivity index (χ3n) is 4.70. The minimum atomic E-state index is -3.09. The molecule has 1 amide bonds. The van der Waals surface area contributed by atoms with Crippen LogP contribution in [0.15, 0.2) is 48.5 Å². The van der Waals surface area contributed by atoms with E-state index in [-0.39, 0.29) is 23.5 Å². The number of hydrogen-bond donors (Lipinski definition) is 0. The fraction of sp³-hybridized carbons (Fsp3) is 0.350. The zero-order valence-electron chi connectivity index (χ0n) is 15.0. The van der Waals surface area contributed by atoms with Crippen LogP contribution in [0.3, 0.4) is 0 Å². The van der Waals surface area contributed by atoms with Gasteiger partial charge < -0.3 is 9.64 Å². The Morgan fingerprint density at radius 3 is 2.54 bits per heavy atom. The Labute approximate surface area is 154 Å². The number of sulfone groups is 1. The molecule has 2 aromatic carbocycles. The largest absolute Gasteiger partial charge is 0.497 e. The monoisotopic (exact) mass is 373 g/mol. The molecule has 1 aliphatic heterocycles. The molecular weight excluding hydrogens is 350 g/mol. The summed E-state index contributed by atoms with van der Waals surface area (Å²) in [6.07, 6.45) is 0.476. The molecule has 1 heterocycles. The van der Waals surface area contributed by atoms with Crippen LogP contribution < -0.4 is 4.74 Å². The molecule has 138 valence electrons. The molecule has 0 aliphatic carbocycles. The van der Waals surface area contributed by atoms with Gasteiger partial charge in [0.05, 0.1) is 18.6 Å². The van der Waals surface area contributed by atoms with Crippen LogP contribution in [0.25, 0.3) is 0 Å². The van der Waals surface area contributed by atoms with Gasteiger partial charge in [0.1, 0.15) is 5.75 Å². The van der Waals surface area contributed by atoms with Gasteiger partial charge in [-0.3, -0.25) is 4.79 Å². The van der Waals surface area contributed by atoms with Crippen molar-refractivity contribution in [3.63, 3.8) is 0 Å². The highest BCUT2D eigenvalue weighted by Gasteiger charge is 2.35. The predicted octanol–water partition coefficient (Wildman–Crippen LogP) is 2.83. The van der Waals surface area contributed by atoms with Crippen molar-refractivity contribution in [3.8, 4) is 5.75 Å². The minimum absolute atomic E-state index is 0.0224. The fourth-order valence-electron chi connectivity index (χ4n) is 3.20. The first-order chi connectivity index (χ1) is 12.4. The van der Waals surface area contributed by atoms with E-state index in [4.69, 9.17) is 4.74 Å². The van der Waals surface area contributed by atoms with Gasteiger partial charge in [-0.15, -0.1) is 0 Å². The Bertz CT molecular complexity index is 890. The first-order valence-corrected chi connectivity index (χ1v) is 10.4. The first kappa shape index (κ1) is 18.5. The molecule has 1 atom stereocenters. The summed E-state index contributed by atoms with van der Waals surface area (Å²) in [6.45, 7) is 2.39. The maximum atomic E-state index is 13.2. The van der Waals surface area contributed by atoms with Gasteiger partial charge in [-0.2, -0.15) is 0 Å². The van der Waals surface area contributed by atoms with Crippen LogP contribution in [0, 0.1) is 6.92 Å². The second-order valence-electron chi connectivity index (χ2n) is 6.71. The number of amides is 1. The summed E-state index contributed by atoms with van der Waals surface area (Å²) in [6, 6.07) is 14.6. The van der Waals surface area contributed by atoms with Gasteiger partial charge in [-0.05, 0) is 37.1 Å². The van der Waals surface area contributed by atoms with Gasteiger partial charge in [0, 0.05) is 18.2 Å². The highest BCUT2D eigenvalue weighted by atomic mass is 32.2. The third-order valence-corrected chi connectivity index (χ3v) is 6.45. The zero-order valence-corrected chi connectivity index (χ0v) is 15.8. The summed E-state index contributed by atoms with van der Waals surface area (Å²) in [4.78, 5) is 14.8. The average Bonchev–Trinajstić information content (AvgIpc) is 3.00. The molecule has 26 heavy (non-hydrogen) atoms. The van der Waals surface area contributed by atoms with E-state index < -0.39 is 9.84 Å². The second-order valence-corrected chi connectivity index (χ2v) is 8.94. The van der Waals surface area contributed by atoms with E-state index in [1.54, 1.807) is 36.3 Å². The van der Waals surface area contributed by atoms with Gasteiger partial charge in [-0.1, -0.05) is 35.9 Å². The van der Waals surface area contributed by atoms with Crippen LogP contribution in [0.4, 0.5) is 0 Å². The maximum absolute atomic E-state index is 13.2. The molecule has 1 aliphatic rings. The van der Waals surface area contributed by atoms with Crippen LogP contribution in [0.2, 0.25) is 0 Å². The predicted molar refractivity (Wildman–Crippen MR) is 101 cm³/mol. The SMILES string of the molecule is COc1cccc(C(=O)N(Cc2ccc(C)cc2)[C@@H]2CCS(=O)(=O)C2)c1. The number of benzene rings is 2. The van der Waals surface area contributed by atoms with E-state index in [1.807, 2.05) is 31.2 Å². The number of aryl methyl sites for hydroxylation is 1. The van der Waals surface area contributed by atoms with E-state index in [1.165, 1.54) is 0 Å². The molecular formula is C20H23NO4S. The number of hydrogen-bond acceptors (Lipinski definition) is 4. The van der Waals surface area contributed by atoms with Crippen LogP contribution >= 0.6 is 0 Å². The van der Waals surface area contributed by atoms with E-state index in [9.17, 15) is 13.2 Å². The normalized spacial score (nSPS) is 18.5. The van der Waals surface area contributed by atoms with Crippen molar-refractivity contribution in [1.29, 1.82) is 0 Å². The van der Waals surface area contributed by atoms with Gasteiger partial charge >= 0.3 is 0 Å². The quantitative estimate of drug-likeness (QED) is 0.808. The molecule has 0 unspecified atom stereocenters. The Balaban J connectivity index is 1.91. The first-order valence-electron chi connectivity index (χ1n) is 8.59. The number of methoxy groups -OCH3 is 1. The molecule has 0 aromatic heterocycles. The second kappa shape index (κ2) is 7.50. The lowest BCUT2D eigenvalue weighted by atomic mass is 10.1.